The summed E-state index contributed by atoms with van der Waals surface area (Å²) < 4.78 is 0. The van der Waals surface area contributed by atoms with E-state index in [2.05, 4.69) is 138 Å². The predicted molar refractivity (Wildman–Crippen MR) is 192 cm³/mol. The van der Waals surface area contributed by atoms with Crippen LogP contribution in [0, 0.1) is 0 Å². The second kappa shape index (κ2) is 13.1. The topological polar surface area (TPSA) is 46.9 Å². The summed E-state index contributed by atoms with van der Waals surface area (Å²) >= 11 is 0. The fraction of sp³-hybridized carbons (Fsp3) is 0.429. The zero-order valence-corrected chi connectivity index (χ0v) is 29.3. The van der Waals surface area contributed by atoms with Gasteiger partial charge in [-0.15, -0.1) is 0 Å². The highest BCUT2D eigenvalue weighted by Crippen LogP contribution is 2.51. The maximum atomic E-state index is 11.7. The van der Waals surface area contributed by atoms with Crippen molar-refractivity contribution >= 4 is 0 Å². The summed E-state index contributed by atoms with van der Waals surface area (Å²) in [6, 6.07) is 33.6. The molecule has 0 bridgehead atoms. The third kappa shape index (κ3) is 6.09. The highest BCUT2D eigenvalue weighted by molar-refractivity contribution is 5.58. The molecule has 46 heavy (non-hydrogen) atoms. The van der Waals surface area contributed by atoms with E-state index in [4.69, 9.17) is 0 Å². The van der Waals surface area contributed by atoms with E-state index in [-0.39, 0.29) is 10.8 Å². The molecule has 4 heteroatoms. The molecule has 0 amide bonds. The highest BCUT2D eigenvalue weighted by Gasteiger charge is 2.46. The van der Waals surface area contributed by atoms with E-state index in [0.29, 0.717) is 0 Å². The van der Waals surface area contributed by atoms with Crippen molar-refractivity contribution in [2.24, 2.45) is 0 Å². The molecule has 0 fully saturated rings. The number of aliphatic hydroxyl groups is 2. The molecule has 0 unspecified atom stereocenters. The van der Waals surface area contributed by atoms with Crippen LogP contribution in [-0.4, -0.2) is 61.3 Å². The maximum absolute atomic E-state index is 11.7. The lowest BCUT2D eigenvalue weighted by Gasteiger charge is -2.44. The fourth-order valence-electron chi connectivity index (χ4n) is 7.98. The predicted octanol–water partition coefficient (Wildman–Crippen LogP) is 7.81. The normalized spacial score (nSPS) is 17.7. The van der Waals surface area contributed by atoms with Crippen molar-refractivity contribution in [3.63, 3.8) is 0 Å². The number of hydrogen-bond donors (Lipinski definition) is 2. The zero-order chi connectivity index (χ0) is 33.3. The van der Waals surface area contributed by atoms with Crippen LogP contribution < -0.4 is 0 Å². The van der Waals surface area contributed by atoms with Gasteiger partial charge in [0.05, 0.1) is 0 Å². The van der Waals surface area contributed by atoms with Gasteiger partial charge in [-0.2, -0.15) is 0 Å². The summed E-state index contributed by atoms with van der Waals surface area (Å²) in [4.78, 5) is 4.35. The van der Waals surface area contributed by atoms with Gasteiger partial charge >= 0.3 is 0 Å². The average Bonchev–Trinajstić information content (AvgIpc) is 3.03. The molecule has 2 N–H and O–H groups in total. The van der Waals surface area contributed by atoms with E-state index in [9.17, 15) is 10.2 Å². The lowest BCUT2D eigenvalue weighted by atomic mass is 9.62. The molecule has 0 saturated heterocycles. The zero-order valence-electron chi connectivity index (χ0n) is 29.3. The quantitative estimate of drug-likeness (QED) is 0.212. The average molecular weight is 619 g/mol. The molecule has 244 valence electrons. The molecule has 0 atom stereocenters. The van der Waals surface area contributed by atoms with Gasteiger partial charge in [0, 0.05) is 10.8 Å². The van der Waals surface area contributed by atoms with Crippen molar-refractivity contribution < 1.29 is 10.2 Å². The van der Waals surface area contributed by atoms with Gasteiger partial charge in [0.25, 0.3) is 0 Å². The Labute approximate surface area is 277 Å². The summed E-state index contributed by atoms with van der Waals surface area (Å²) in [5.74, 6) is 0. The molecule has 4 aromatic carbocycles. The van der Waals surface area contributed by atoms with Gasteiger partial charge in [0.15, 0.2) is 0 Å². The Bertz CT molecular complexity index is 1430. The first-order chi connectivity index (χ1) is 21.7. The van der Waals surface area contributed by atoms with Crippen LogP contribution >= 0.6 is 0 Å². The van der Waals surface area contributed by atoms with Crippen LogP contribution in [0.5, 0.6) is 0 Å². The smallest absolute Gasteiger partial charge is 0.115 e. The highest BCUT2D eigenvalue weighted by atomic mass is 16.3. The fourth-order valence-corrected chi connectivity index (χ4v) is 7.98. The lowest BCUT2D eigenvalue weighted by molar-refractivity contribution is 0.0589. The van der Waals surface area contributed by atoms with Gasteiger partial charge in [-0.05, 0) is 111 Å². The van der Waals surface area contributed by atoms with Crippen LogP contribution in [0.2, 0.25) is 0 Å². The minimum absolute atomic E-state index is 0.0824. The van der Waals surface area contributed by atoms with E-state index in [1.165, 1.54) is 22.3 Å². The van der Waals surface area contributed by atoms with Crippen LogP contribution in [0.3, 0.4) is 0 Å². The van der Waals surface area contributed by atoms with E-state index in [1.807, 2.05) is 24.3 Å². The van der Waals surface area contributed by atoms with Crippen molar-refractivity contribution in [1.82, 2.24) is 9.80 Å². The molecule has 0 radical (unpaired) electrons. The van der Waals surface area contributed by atoms with Gasteiger partial charge in [-0.3, -0.25) is 0 Å². The number of benzene rings is 4. The third-order valence-electron chi connectivity index (χ3n) is 10.5. The largest absolute Gasteiger partial charge is 0.380 e. The molecule has 0 spiro atoms. The van der Waals surface area contributed by atoms with Crippen molar-refractivity contribution in [2.75, 3.05) is 41.3 Å². The molecule has 6 rings (SSSR count). The Morgan fingerprint density at radius 1 is 0.413 bits per heavy atom. The van der Waals surface area contributed by atoms with Gasteiger partial charge in [0.1, 0.15) is 11.2 Å². The summed E-state index contributed by atoms with van der Waals surface area (Å²) in [6.07, 6.45) is 3.42. The number of hydrogen-bond acceptors (Lipinski definition) is 4. The minimum Gasteiger partial charge on any atom is -0.380 e. The van der Waals surface area contributed by atoms with Crippen LogP contribution in [-0.2, 0) is 22.0 Å². The summed E-state index contributed by atoms with van der Waals surface area (Å²) in [7, 11) is 8.32. The maximum Gasteiger partial charge on any atom is 0.115 e. The second-order valence-corrected chi connectivity index (χ2v) is 15.0. The first-order valence-electron chi connectivity index (χ1n) is 16.9. The van der Waals surface area contributed by atoms with Crippen LogP contribution in [0.25, 0.3) is 0 Å². The van der Waals surface area contributed by atoms with Crippen molar-refractivity contribution in [2.45, 2.75) is 75.4 Å². The monoisotopic (exact) mass is 618 g/mol. The minimum atomic E-state index is -0.890. The Morgan fingerprint density at radius 3 is 0.848 bits per heavy atom. The van der Waals surface area contributed by atoms with Gasteiger partial charge < -0.3 is 20.0 Å². The van der Waals surface area contributed by atoms with Gasteiger partial charge in [-0.1, -0.05) is 125 Å². The lowest BCUT2D eigenvalue weighted by Crippen LogP contribution is -2.40. The van der Waals surface area contributed by atoms with Crippen molar-refractivity contribution in [3.8, 4) is 0 Å². The number of fused-ring (bicyclic) bond motifs is 4. The van der Waals surface area contributed by atoms with Crippen LogP contribution in [0.1, 0.15) is 97.9 Å². The summed E-state index contributed by atoms with van der Waals surface area (Å²) in [5.41, 5.74) is 7.31. The first-order valence-corrected chi connectivity index (χ1v) is 16.9. The Morgan fingerprint density at radius 2 is 0.630 bits per heavy atom. The summed E-state index contributed by atoms with van der Waals surface area (Å²) in [5, 5.41) is 23.4. The molecule has 0 saturated carbocycles. The first kappa shape index (κ1) is 34.1. The molecule has 2 aliphatic carbocycles. The Balaban J connectivity index is 0.000000181. The SMILES string of the molecule is CN(C)CCCC1(O)c2ccccc2C(C)(C)c2ccccc21.CN(C)CCCC1(O)c2ccccc2C(C)(C)c2ccccc21. The Kier molecular flexibility index (Phi) is 9.69. The van der Waals surface area contributed by atoms with E-state index in [1.54, 1.807) is 0 Å². The molecule has 2 aliphatic rings. The molecule has 4 nitrogen and oxygen atoms in total. The van der Waals surface area contributed by atoms with E-state index in [0.717, 1.165) is 61.0 Å². The van der Waals surface area contributed by atoms with Gasteiger partial charge in [-0.25, -0.2) is 0 Å². The van der Waals surface area contributed by atoms with E-state index >= 15 is 0 Å². The van der Waals surface area contributed by atoms with Crippen LogP contribution in [0.4, 0.5) is 0 Å². The molecular weight excluding hydrogens is 564 g/mol. The molecule has 0 heterocycles. The van der Waals surface area contributed by atoms with E-state index < -0.39 is 11.2 Å². The summed E-state index contributed by atoms with van der Waals surface area (Å²) in [6.45, 7) is 11.0. The third-order valence-corrected chi connectivity index (χ3v) is 10.5. The standard InChI is InChI=1S/2C21H27NO/c2*1-20(2)16-10-5-7-12-18(16)21(23,14-9-15-22(3)4)19-13-8-6-11-17(19)20/h2*5-8,10-13,23H,9,14-15H2,1-4H3. The number of nitrogens with zero attached hydrogens (tertiary/aromatic N) is 2. The van der Waals surface area contributed by atoms with Crippen LogP contribution in [0.15, 0.2) is 97.1 Å². The molecule has 4 aromatic rings. The second-order valence-electron chi connectivity index (χ2n) is 15.0. The molecule has 0 aliphatic heterocycles. The van der Waals surface area contributed by atoms with Crippen molar-refractivity contribution in [3.05, 3.63) is 142 Å². The molecule has 0 aromatic heterocycles. The van der Waals surface area contributed by atoms with Gasteiger partial charge in [0.2, 0.25) is 0 Å². The number of rotatable bonds is 8. The Hall–Kier alpha value is -3.28. The van der Waals surface area contributed by atoms with Crippen molar-refractivity contribution in [1.29, 1.82) is 0 Å². The molecular formula is C42H54N2O2.